The first kappa shape index (κ1) is 15.3. The molecule has 25 heavy (non-hydrogen) atoms. The molecule has 0 aliphatic carbocycles. The second-order valence-electron chi connectivity index (χ2n) is 5.40. The Bertz CT molecular complexity index is 1040. The van der Waals surface area contributed by atoms with E-state index < -0.39 is 0 Å². The van der Waals surface area contributed by atoms with E-state index in [-0.39, 0.29) is 5.91 Å². The summed E-state index contributed by atoms with van der Waals surface area (Å²) in [6.45, 7) is 1.46. The van der Waals surface area contributed by atoms with Crippen LogP contribution in [0.5, 0.6) is 0 Å². The lowest BCUT2D eigenvalue weighted by Crippen LogP contribution is -2.04. The Labute approximate surface area is 147 Å². The highest BCUT2D eigenvalue weighted by Gasteiger charge is 2.09. The maximum absolute atomic E-state index is 11.1. The number of hydrogen-bond acceptors (Lipinski definition) is 6. The van der Waals surface area contributed by atoms with Gasteiger partial charge in [-0.3, -0.25) is 4.79 Å². The molecule has 4 rings (SSSR count). The molecule has 2 aromatic carbocycles. The van der Waals surface area contributed by atoms with Crippen LogP contribution < -0.4 is 10.6 Å². The van der Waals surface area contributed by atoms with Gasteiger partial charge in [0.15, 0.2) is 10.9 Å². The highest BCUT2D eigenvalue weighted by atomic mass is 32.1. The maximum Gasteiger partial charge on any atom is 0.299 e. The van der Waals surface area contributed by atoms with Crippen molar-refractivity contribution in [2.45, 2.75) is 6.92 Å². The summed E-state index contributed by atoms with van der Waals surface area (Å²) in [5.41, 5.74) is 2.64. The minimum absolute atomic E-state index is 0.134. The Morgan fingerprint density at radius 2 is 2.00 bits per heavy atom. The Morgan fingerprint density at radius 1 is 1.16 bits per heavy atom. The molecule has 0 atom stereocenters. The van der Waals surface area contributed by atoms with Crippen LogP contribution in [0.3, 0.4) is 0 Å². The smallest absolute Gasteiger partial charge is 0.299 e. The number of fused-ring (bicyclic) bond motifs is 1. The summed E-state index contributed by atoms with van der Waals surface area (Å²) >= 11 is 1.42. The van der Waals surface area contributed by atoms with E-state index in [0.717, 1.165) is 21.5 Å². The third kappa shape index (κ3) is 3.36. The van der Waals surface area contributed by atoms with Crippen molar-refractivity contribution in [1.82, 2.24) is 9.97 Å². The van der Waals surface area contributed by atoms with Gasteiger partial charge in [-0.1, -0.05) is 41.7 Å². The summed E-state index contributed by atoms with van der Waals surface area (Å²) in [4.78, 5) is 19.8. The van der Waals surface area contributed by atoms with Crippen LogP contribution in [0, 0.1) is 0 Å². The monoisotopic (exact) mass is 350 g/mol. The summed E-state index contributed by atoms with van der Waals surface area (Å²) in [5, 5.41) is 6.44. The standard InChI is InChI=1S/C18H14N4O2S/c1-11(23)20-18-22-14-8-7-13(9-16(14)25-18)21-17-19-10-15(24-17)12-5-3-2-4-6-12/h2-10H,1H3,(H,19,21)(H,20,22,23). The van der Waals surface area contributed by atoms with Crippen molar-refractivity contribution in [1.29, 1.82) is 0 Å². The molecule has 6 nitrogen and oxygen atoms in total. The molecule has 0 saturated carbocycles. The molecular weight excluding hydrogens is 336 g/mol. The molecule has 2 heterocycles. The van der Waals surface area contributed by atoms with Crippen molar-refractivity contribution >= 4 is 44.3 Å². The van der Waals surface area contributed by atoms with E-state index in [1.54, 1.807) is 6.20 Å². The third-order valence-electron chi connectivity index (χ3n) is 3.49. The predicted molar refractivity (Wildman–Crippen MR) is 99.1 cm³/mol. The molecule has 4 aromatic rings. The molecule has 2 N–H and O–H groups in total. The fourth-order valence-electron chi connectivity index (χ4n) is 2.40. The second kappa shape index (κ2) is 6.37. The van der Waals surface area contributed by atoms with Crippen LogP contribution in [-0.2, 0) is 4.79 Å². The average molecular weight is 350 g/mol. The Balaban J connectivity index is 1.56. The largest absolute Gasteiger partial charge is 0.423 e. The van der Waals surface area contributed by atoms with Gasteiger partial charge in [0.2, 0.25) is 5.91 Å². The zero-order valence-corrected chi connectivity index (χ0v) is 14.1. The number of aromatic nitrogens is 2. The number of carbonyl (C=O) groups is 1. The molecule has 0 saturated heterocycles. The van der Waals surface area contributed by atoms with Crippen LogP contribution in [0.25, 0.3) is 21.5 Å². The zero-order chi connectivity index (χ0) is 17.2. The minimum Gasteiger partial charge on any atom is -0.423 e. The van der Waals surface area contributed by atoms with E-state index in [1.807, 2.05) is 48.5 Å². The fourth-order valence-corrected chi connectivity index (χ4v) is 3.35. The zero-order valence-electron chi connectivity index (χ0n) is 13.3. The van der Waals surface area contributed by atoms with E-state index in [1.165, 1.54) is 18.3 Å². The molecule has 0 aliphatic rings. The highest BCUT2D eigenvalue weighted by Crippen LogP contribution is 2.30. The number of amides is 1. The molecule has 0 radical (unpaired) electrons. The molecule has 0 bridgehead atoms. The SMILES string of the molecule is CC(=O)Nc1nc2ccc(Nc3ncc(-c4ccccc4)o3)cc2s1. The van der Waals surface area contributed by atoms with Gasteiger partial charge in [-0.15, -0.1) is 0 Å². The van der Waals surface area contributed by atoms with Gasteiger partial charge in [0.1, 0.15) is 0 Å². The lowest BCUT2D eigenvalue weighted by atomic mass is 10.2. The Kier molecular flexibility index (Phi) is 3.91. The predicted octanol–water partition coefficient (Wildman–Crippen LogP) is 4.65. The van der Waals surface area contributed by atoms with Crippen molar-refractivity contribution < 1.29 is 9.21 Å². The lowest BCUT2D eigenvalue weighted by Gasteiger charge is -2.01. The molecule has 0 unspecified atom stereocenters. The van der Waals surface area contributed by atoms with Crippen molar-refractivity contribution in [2.75, 3.05) is 10.6 Å². The molecule has 0 aliphatic heterocycles. The topological polar surface area (TPSA) is 80.0 Å². The minimum atomic E-state index is -0.134. The summed E-state index contributed by atoms with van der Waals surface area (Å²) in [5.74, 6) is 0.570. The summed E-state index contributed by atoms with van der Waals surface area (Å²) in [6, 6.07) is 16.0. The first-order valence-electron chi connectivity index (χ1n) is 7.64. The van der Waals surface area contributed by atoms with Gasteiger partial charge in [-0.05, 0) is 18.2 Å². The molecule has 0 spiro atoms. The number of oxazole rings is 1. The lowest BCUT2D eigenvalue weighted by molar-refractivity contribution is -0.114. The van der Waals surface area contributed by atoms with E-state index in [9.17, 15) is 4.79 Å². The number of nitrogens with zero attached hydrogens (tertiary/aromatic N) is 2. The number of rotatable bonds is 4. The first-order chi connectivity index (χ1) is 12.2. The first-order valence-corrected chi connectivity index (χ1v) is 8.45. The van der Waals surface area contributed by atoms with E-state index >= 15 is 0 Å². The van der Waals surface area contributed by atoms with Gasteiger partial charge in [-0.25, -0.2) is 9.97 Å². The Morgan fingerprint density at radius 3 is 2.80 bits per heavy atom. The van der Waals surface area contributed by atoms with Gasteiger partial charge in [0, 0.05) is 18.2 Å². The van der Waals surface area contributed by atoms with Crippen molar-refractivity contribution in [2.24, 2.45) is 0 Å². The number of thiazole rings is 1. The van der Waals surface area contributed by atoms with Gasteiger partial charge >= 0.3 is 0 Å². The van der Waals surface area contributed by atoms with Crippen molar-refractivity contribution in [3.05, 3.63) is 54.7 Å². The second-order valence-corrected chi connectivity index (χ2v) is 6.43. The van der Waals surface area contributed by atoms with Crippen LogP contribution in [0.4, 0.5) is 16.8 Å². The normalized spacial score (nSPS) is 10.8. The Hall–Kier alpha value is -3.19. The number of anilines is 3. The highest BCUT2D eigenvalue weighted by molar-refractivity contribution is 7.22. The molecule has 124 valence electrons. The maximum atomic E-state index is 11.1. The van der Waals surface area contributed by atoms with Crippen LogP contribution in [0.1, 0.15) is 6.92 Å². The van der Waals surface area contributed by atoms with E-state index in [2.05, 4.69) is 20.6 Å². The molecule has 0 fully saturated rings. The van der Waals surface area contributed by atoms with Crippen LogP contribution >= 0.6 is 11.3 Å². The van der Waals surface area contributed by atoms with E-state index in [4.69, 9.17) is 4.42 Å². The van der Waals surface area contributed by atoms with Gasteiger partial charge in [0.25, 0.3) is 6.01 Å². The average Bonchev–Trinajstić information content (AvgIpc) is 3.21. The van der Waals surface area contributed by atoms with Crippen molar-refractivity contribution in [3.63, 3.8) is 0 Å². The van der Waals surface area contributed by atoms with Crippen LogP contribution in [0.15, 0.2) is 59.1 Å². The quantitative estimate of drug-likeness (QED) is 0.560. The fraction of sp³-hybridized carbons (Fsp3) is 0.0556. The number of nitrogens with one attached hydrogen (secondary N) is 2. The third-order valence-corrected chi connectivity index (χ3v) is 4.42. The number of benzene rings is 2. The van der Waals surface area contributed by atoms with Crippen molar-refractivity contribution in [3.8, 4) is 11.3 Å². The molecule has 2 aromatic heterocycles. The molecular formula is C18H14N4O2S. The molecule has 1 amide bonds. The van der Waals surface area contributed by atoms with Gasteiger partial charge < -0.3 is 15.1 Å². The van der Waals surface area contributed by atoms with Crippen LogP contribution in [-0.4, -0.2) is 15.9 Å². The summed E-state index contributed by atoms with van der Waals surface area (Å²) in [7, 11) is 0. The summed E-state index contributed by atoms with van der Waals surface area (Å²) in [6.07, 6.45) is 1.69. The number of carbonyl (C=O) groups excluding carboxylic acids is 1. The number of hydrogen-bond donors (Lipinski definition) is 2. The molecule has 7 heteroatoms. The summed E-state index contributed by atoms with van der Waals surface area (Å²) < 4.78 is 6.71. The van der Waals surface area contributed by atoms with E-state index in [0.29, 0.717) is 16.9 Å². The van der Waals surface area contributed by atoms with Crippen LogP contribution in [0.2, 0.25) is 0 Å². The van der Waals surface area contributed by atoms with Gasteiger partial charge in [-0.2, -0.15) is 0 Å². The van der Waals surface area contributed by atoms with Gasteiger partial charge in [0.05, 0.1) is 16.4 Å².